The van der Waals surface area contributed by atoms with Crippen LogP contribution in [0.2, 0.25) is 0 Å². The fourth-order valence-corrected chi connectivity index (χ4v) is 5.46. The summed E-state index contributed by atoms with van der Waals surface area (Å²) in [6.07, 6.45) is 0. The van der Waals surface area contributed by atoms with Gasteiger partial charge in [-0.3, -0.25) is 9.59 Å². The van der Waals surface area contributed by atoms with Crippen LogP contribution in [0, 0.1) is 0 Å². The van der Waals surface area contributed by atoms with Crippen molar-refractivity contribution >= 4 is 44.0 Å². The predicted octanol–water partition coefficient (Wildman–Crippen LogP) is 3.67. The van der Waals surface area contributed by atoms with Crippen molar-refractivity contribution in [3.05, 3.63) is 94.4 Å². The summed E-state index contributed by atoms with van der Waals surface area (Å²) in [6.45, 7) is 1.31. The molecular weight excluding hydrogens is 524 g/mol. The smallest absolute Gasteiger partial charge is 0.271 e. The largest absolute Gasteiger partial charge is 0.291 e. The number of nitrogens with two attached hydrogens (primary N) is 1. The molecule has 4 heterocycles. The molecule has 2 N–H and O–H groups in total. The normalized spacial score (nSPS) is 11.8. The topological polar surface area (TPSA) is 142 Å². The molecular formula is C26H18N6O4S2. The molecule has 0 amide bonds. The number of ketones is 1. The van der Waals surface area contributed by atoms with Crippen molar-refractivity contribution < 1.29 is 13.2 Å². The van der Waals surface area contributed by atoms with Gasteiger partial charge in [-0.2, -0.15) is 9.67 Å². The van der Waals surface area contributed by atoms with E-state index in [1.54, 1.807) is 0 Å². The second kappa shape index (κ2) is 8.80. The van der Waals surface area contributed by atoms with E-state index < -0.39 is 21.4 Å². The van der Waals surface area contributed by atoms with Crippen molar-refractivity contribution in [1.82, 2.24) is 24.1 Å². The number of thiophene rings is 1. The zero-order valence-corrected chi connectivity index (χ0v) is 21.4. The molecule has 0 aliphatic rings. The number of Topliss-reactive ketones (excluding diaryl/α,β-unsaturated/α-hetero) is 1. The third-order valence-electron chi connectivity index (χ3n) is 6.00. The van der Waals surface area contributed by atoms with E-state index in [0.717, 1.165) is 14.8 Å². The molecule has 188 valence electrons. The Labute approximate surface area is 219 Å². The number of fused-ring (bicyclic) bond motifs is 2. The van der Waals surface area contributed by atoms with Gasteiger partial charge in [-0.1, -0.05) is 36.4 Å². The first-order chi connectivity index (χ1) is 18.2. The monoisotopic (exact) mass is 542 g/mol. The van der Waals surface area contributed by atoms with E-state index in [2.05, 4.69) is 5.10 Å². The van der Waals surface area contributed by atoms with Crippen LogP contribution < -0.4 is 10.7 Å². The Morgan fingerprint density at radius 1 is 0.974 bits per heavy atom. The third-order valence-corrected chi connectivity index (χ3v) is 7.82. The molecule has 0 fully saturated rings. The van der Waals surface area contributed by atoms with Crippen LogP contribution in [-0.4, -0.2) is 38.4 Å². The summed E-state index contributed by atoms with van der Waals surface area (Å²) in [4.78, 5) is 36.8. The van der Waals surface area contributed by atoms with Gasteiger partial charge in [0.2, 0.25) is 21.6 Å². The highest BCUT2D eigenvalue weighted by molar-refractivity contribution is 7.89. The minimum atomic E-state index is -3.91. The van der Waals surface area contributed by atoms with Gasteiger partial charge in [0.1, 0.15) is 0 Å². The van der Waals surface area contributed by atoms with Gasteiger partial charge in [0.05, 0.1) is 26.5 Å². The zero-order chi connectivity index (χ0) is 26.6. The molecule has 4 aromatic heterocycles. The molecule has 0 radical (unpaired) electrons. The van der Waals surface area contributed by atoms with E-state index in [1.807, 2.05) is 53.9 Å². The average molecular weight is 543 g/mol. The Balaban J connectivity index is 1.71. The first kappa shape index (κ1) is 23.9. The van der Waals surface area contributed by atoms with Crippen molar-refractivity contribution in [3.8, 4) is 27.4 Å². The Morgan fingerprint density at radius 2 is 1.71 bits per heavy atom. The highest BCUT2D eigenvalue weighted by Crippen LogP contribution is 2.32. The van der Waals surface area contributed by atoms with Crippen molar-refractivity contribution in [2.75, 3.05) is 0 Å². The van der Waals surface area contributed by atoms with Gasteiger partial charge in [-0.05, 0) is 47.3 Å². The molecule has 0 bridgehead atoms. The average Bonchev–Trinajstić information content (AvgIpc) is 3.57. The number of hydrogen-bond donors (Lipinski definition) is 1. The third kappa shape index (κ3) is 3.91. The van der Waals surface area contributed by atoms with Crippen LogP contribution in [0.4, 0.5) is 0 Å². The van der Waals surface area contributed by atoms with Crippen molar-refractivity contribution in [2.45, 2.75) is 11.8 Å². The van der Waals surface area contributed by atoms with Gasteiger partial charge in [0.15, 0.2) is 11.4 Å². The Kier molecular flexibility index (Phi) is 5.52. The van der Waals surface area contributed by atoms with Gasteiger partial charge < -0.3 is 0 Å². The number of sulfonamides is 1. The Bertz CT molecular complexity index is 2030. The van der Waals surface area contributed by atoms with Crippen LogP contribution in [0.1, 0.15) is 17.5 Å². The highest BCUT2D eigenvalue weighted by Gasteiger charge is 2.23. The molecule has 2 aromatic carbocycles. The molecule has 12 heteroatoms. The predicted molar refractivity (Wildman–Crippen MR) is 144 cm³/mol. The second-order valence-electron chi connectivity index (χ2n) is 8.48. The molecule has 0 atom stereocenters. The summed E-state index contributed by atoms with van der Waals surface area (Å²) < 4.78 is 25.9. The van der Waals surface area contributed by atoms with Crippen LogP contribution in [-0.2, 0) is 10.0 Å². The fraction of sp³-hybridized carbons (Fsp3) is 0.0385. The lowest BCUT2D eigenvalue weighted by molar-refractivity contribution is 0.100. The molecule has 10 nitrogen and oxygen atoms in total. The van der Waals surface area contributed by atoms with Crippen molar-refractivity contribution in [3.63, 3.8) is 0 Å². The van der Waals surface area contributed by atoms with Gasteiger partial charge in [-0.25, -0.2) is 22.9 Å². The quantitative estimate of drug-likeness (QED) is 0.328. The highest BCUT2D eigenvalue weighted by atomic mass is 32.2. The molecule has 0 spiro atoms. The number of nitrogens with zero attached hydrogens (tertiary/aromatic N) is 5. The number of pyridine rings is 1. The van der Waals surface area contributed by atoms with Gasteiger partial charge in [-0.15, -0.1) is 16.4 Å². The molecule has 0 aliphatic heterocycles. The standard InChI is InChI=1S/C26H18N6O4S2/c1-15(33)24-30-32(17-9-11-18(12-10-17)38(27,35)36)26-29-23-22(25(34)31(24)26)19(16-6-3-2-4-7-16)14-20(28-23)21-8-5-13-37-21/h2-14H,1H3,(H2,27,35,36). The Morgan fingerprint density at radius 3 is 2.34 bits per heavy atom. The minimum Gasteiger partial charge on any atom is -0.291 e. The van der Waals surface area contributed by atoms with E-state index in [0.29, 0.717) is 16.9 Å². The summed E-state index contributed by atoms with van der Waals surface area (Å²) in [5.41, 5.74) is 2.16. The van der Waals surface area contributed by atoms with Crippen LogP contribution in [0.3, 0.4) is 0 Å². The van der Waals surface area contributed by atoms with Crippen LogP contribution >= 0.6 is 11.3 Å². The van der Waals surface area contributed by atoms with E-state index in [9.17, 15) is 18.0 Å². The number of hydrogen-bond acceptors (Lipinski definition) is 8. The summed E-state index contributed by atoms with van der Waals surface area (Å²) in [7, 11) is -3.91. The molecule has 0 saturated heterocycles. The van der Waals surface area contributed by atoms with Gasteiger partial charge in [0.25, 0.3) is 5.56 Å². The summed E-state index contributed by atoms with van der Waals surface area (Å²) >= 11 is 1.51. The van der Waals surface area contributed by atoms with Crippen molar-refractivity contribution in [1.29, 1.82) is 0 Å². The van der Waals surface area contributed by atoms with E-state index >= 15 is 0 Å². The molecule has 0 aliphatic carbocycles. The summed E-state index contributed by atoms with van der Waals surface area (Å²) in [6, 6.07) is 20.7. The van der Waals surface area contributed by atoms with Gasteiger partial charge in [0, 0.05) is 12.5 Å². The van der Waals surface area contributed by atoms with Crippen molar-refractivity contribution in [2.24, 2.45) is 5.14 Å². The first-order valence-electron chi connectivity index (χ1n) is 11.3. The maximum atomic E-state index is 14.0. The summed E-state index contributed by atoms with van der Waals surface area (Å²) in [5.74, 6) is -0.496. The van der Waals surface area contributed by atoms with Crippen LogP contribution in [0.15, 0.2) is 87.9 Å². The van der Waals surface area contributed by atoms with Gasteiger partial charge >= 0.3 is 0 Å². The zero-order valence-electron chi connectivity index (χ0n) is 19.8. The van der Waals surface area contributed by atoms with E-state index in [1.165, 1.54) is 47.2 Å². The molecule has 38 heavy (non-hydrogen) atoms. The molecule has 6 rings (SSSR count). The number of benzene rings is 2. The maximum Gasteiger partial charge on any atom is 0.271 e. The van der Waals surface area contributed by atoms with E-state index in [4.69, 9.17) is 15.1 Å². The fourth-order valence-electron chi connectivity index (χ4n) is 4.26. The molecule has 0 saturated carbocycles. The number of carbonyl (C=O) groups excluding carboxylic acids is 1. The van der Waals surface area contributed by atoms with Crippen LogP contribution in [0.5, 0.6) is 0 Å². The lowest BCUT2D eigenvalue weighted by Gasteiger charge is -2.10. The number of aromatic nitrogens is 5. The lowest BCUT2D eigenvalue weighted by Crippen LogP contribution is -2.20. The number of rotatable bonds is 5. The minimum absolute atomic E-state index is 0.0610. The molecule has 0 unspecified atom stereocenters. The van der Waals surface area contributed by atoms with Crippen LogP contribution in [0.25, 0.3) is 44.2 Å². The number of carbonyl (C=O) groups is 1. The first-order valence-corrected chi connectivity index (χ1v) is 13.7. The second-order valence-corrected chi connectivity index (χ2v) is 11.0. The lowest BCUT2D eigenvalue weighted by atomic mass is 10.0. The van der Waals surface area contributed by atoms with E-state index in [-0.39, 0.29) is 27.5 Å². The SMILES string of the molecule is CC(=O)c1nn(-c2ccc(S(N)(=O)=O)cc2)c2nc3nc(-c4cccs4)cc(-c4ccccc4)c3c(=O)n12. The number of primary sulfonamides is 1. The molecule has 6 aromatic rings. The summed E-state index contributed by atoms with van der Waals surface area (Å²) in [5, 5.41) is 11.8. The maximum absolute atomic E-state index is 14.0. The Hall–Kier alpha value is -4.52.